The Morgan fingerprint density at radius 2 is 1.65 bits per heavy atom. The van der Waals surface area contributed by atoms with Gasteiger partial charge >= 0.3 is 0 Å². The Labute approximate surface area is 205 Å². The van der Waals surface area contributed by atoms with Crippen LogP contribution in [-0.4, -0.2) is 53.8 Å². The van der Waals surface area contributed by atoms with Gasteiger partial charge in [0.15, 0.2) is 0 Å². The molecule has 5 nitrogen and oxygen atoms in total. The van der Waals surface area contributed by atoms with E-state index in [4.69, 9.17) is 11.6 Å². The van der Waals surface area contributed by atoms with Gasteiger partial charge in [-0.05, 0) is 41.8 Å². The van der Waals surface area contributed by atoms with Crippen molar-refractivity contribution in [2.24, 2.45) is 0 Å². The maximum absolute atomic E-state index is 13.8. The number of rotatable bonds is 5. The minimum absolute atomic E-state index is 0.0208. The van der Waals surface area contributed by atoms with Crippen LogP contribution in [-0.2, 0) is 17.8 Å². The molecule has 34 heavy (non-hydrogen) atoms. The number of aryl methyl sites for hydroxylation is 1. The van der Waals surface area contributed by atoms with Gasteiger partial charge < -0.3 is 14.7 Å². The van der Waals surface area contributed by atoms with E-state index in [1.54, 1.807) is 4.90 Å². The van der Waals surface area contributed by atoms with Crippen molar-refractivity contribution in [2.75, 3.05) is 31.1 Å². The van der Waals surface area contributed by atoms with Crippen molar-refractivity contribution in [1.82, 2.24) is 9.80 Å². The lowest BCUT2D eigenvalue weighted by Crippen LogP contribution is -2.55. The molecule has 1 fully saturated rings. The minimum atomic E-state index is -0.526. The van der Waals surface area contributed by atoms with Crippen LogP contribution in [0.15, 0.2) is 72.8 Å². The fourth-order valence-electron chi connectivity index (χ4n) is 5.00. The zero-order valence-electron chi connectivity index (χ0n) is 19.3. The van der Waals surface area contributed by atoms with Crippen molar-refractivity contribution < 1.29 is 9.59 Å². The van der Waals surface area contributed by atoms with E-state index in [1.165, 1.54) is 5.56 Å². The summed E-state index contributed by atoms with van der Waals surface area (Å²) in [6.07, 6.45) is 0.507. The number of carbonyl (C=O) groups excluding carboxylic acids is 2. The van der Waals surface area contributed by atoms with Crippen LogP contribution in [0.1, 0.15) is 27.0 Å². The van der Waals surface area contributed by atoms with Crippen LogP contribution in [0.25, 0.3) is 0 Å². The third kappa shape index (κ3) is 4.40. The summed E-state index contributed by atoms with van der Waals surface area (Å²) in [6.45, 7) is 5.25. The molecule has 5 rings (SSSR count). The van der Waals surface area contributed by atoms with Crippen molar-refractivity contribution >= 4 is 29.1 Å². The summed E-state index contributed by atoms with van der Waals surface area (Å²) in [4.78, 5) is 33.1. The molecule has 174 valence electrons. The Hall–Kier alpha value is -3.31. The number of hydrogen-bond donors (Lipinski definition) is 0. The van der Waals surface area contributed by atoms with Crippen molar-refractivity contribution in [3.05, 3.63) is 100 Å². The summed E-state index contributed by atoms with van der Waals surface area (Å²) in [5.41, 5.74) is 5.03. The zero-order valence-corrected chi connectivity index (χ0v) is 20.0. The van der Waals surface area contributed by atoms with Crippen molar-refractivity contribution in [1.29, 1.82) is 0 Å². The molecule has 2 amide bonds. The summed E-state index contributed by atoms with van der Waals surface area (Å²) in [6, 6.07) is 23.0. The number of hydrogen-bond acceptors (Lipinski definition) is 3. The van der Waals surface area contributed by atoms with Crippen molar-refractivity contribution in [3.63, 3.8) is 0 Å². The van der Waals surface area contributed by atoms with Gasteiger partial charge in [-0.2, -0.15) is 0 Å². The van der Waals surface area contributed by atoms with E-state index in [9.17, 15) is 9.59 Å². The van der Waals surface area contributed by atoms with E-state index in [2.05, 4.69) is 11.8 Å². The molecule has 2 aliphatic rings. The molecule has 3 aromatic carbocycles. The van der Waals surface area contributed by atoms with Gasteiger partial charge in [0.25, 0.3) is 5.91 Å². The first-order chi connectivity index (χ1) is 16.5. The molecular formula is C28H28ClN3O2. The normalized spacial score (nSPS) is 16.5. The number of piperazine rings is 1. The maximum Gasteiger partial charge on any atom is 0.255 e. The summed E-state index contributed by atoms with van der Waals surface area (Å²) in [5.74, 6) is -0.0365. The van der Waals surface area contributed by atoms with Crippen LogP contribution in [0, 0.1) is 6.92 Å². The standard InChI is InChI=1S/C28H28ClN3O2/c1-20-11-12-23(29)18-25(20)30-13-15-31(16-14-30)28(34)26(17-21-7-3-2-4-8-21)32-19-22-9-5-6-10-24(22)27(32)33/h2-12,18,26H,13-17,19H2,1H3/t26-/m1/s1. The molecule has 0 radical (unpaired) electrons. The Kier molecular flexibility index (Phi) is 6.29. The fraction of sp³-hybridized carbons (Fsp3) is 0.286. The van der Waals surface area contributed by atoms with Crippen LogP contribution in [0.5, 0.6) is 0 Å². The lowest BCUT2D eigenvalue weighted by atomic mass is 10.0. The van der Waals surface area contributed by atoms with Gasteiger partial charge in [-0.1, -0.05) is 66.2 Å². The lowest BCUT2D eigenvalue weighted by Gasteiger charge is -2.39. The molecule has 0 bridgehead atoms. The first-order valence-electron chi connectivity index (χ1n) is 11.7. The fourth-order valence-corrected chi connectivity index (χ4v) is 5.16. The first kappa shape index (κ1) is 22.5. The highest BCUT2D eigenvalue weighted by Crippen LogP contribution is 2.28. The number of anilines is 1. The van der Waals surface area contributed by atoms with Gasteiger partial charge in [0.2, 0.25) is 5.91 Å². The van der Waals surface area contributed by atoms with Gasteiger partial charge in [0.1, 0.15) is 6.04 Å². The maximum atomic E-state index is 13.8. The Morgan fingerprint density at radius 1 is 0.941 bits per heavy atom. The Morgan fingerprint density at radius 3 is 2.38 bits per heavy atom. The van der Waals surface area contributed by atoms with Crippen LogP contribution < -0.4 is 4.90 Å². The van der Waals surface area contributed by atoms with E-state index in [0.29, 0.717) is 36.6 Å². The molecule has 1 atom stereocenters. The highest BCUT2D eigenvalue weighted by molar-refractivity contribution is 6.30. The predicted octanol–water partition coefficient (Wildman–Crippen LogP) is 4.56. The van der Waals surface area contributed by atoms with E-state index >= 15 is 0 Å². The van der Waals surface area contributed by atoms with E-state index < -0.39 is 6.04 Å². The summed E-state index contributed by atoms with van der Waals surface area (Å²) < 4.78 is 0. The Bertz CT molecular complexity index is 1210. The molecule has 0 aromatic heterocycles. The molecule has 2 heterocycles. The largest absolute Gasteiger partial charge is 0.368 e. The summed E-state index contributed by atoms with van der Waals surface area (Å²) >= 11 is 6.23. The number of fused-ring (bicyclic) bond motifs is 1. The third-order valence-corrected chi connectivity index (χ3v) is 7.12. The molecule has 0 unspecified atom stereocenters. The van der Waals surface area contributed by atoms with Gasteiger partial charge in [-0.25, -0.2) is 0 Å². The van der Waals surface area contributed by atoms with E-state index in [1.807, 2.05) is 77.7 Å². The Balaban J connectivity index is 1.35. The number of nitrogens with zero attached hydrogens (tertiary/aromatic N) is 3. The van der Waals surface area contributed by atoms with Gasteiger partial charge in [-0.15, -0.1) is 0 Å². The second-order valence-corrected chi connectivity index (χ2v) is 9.48. The van der Waals surface area contributed by atoms with Crippen LogP contribution >= 0.6 is 11.6 Å². The topological polar surface area (TPSA) is 43.9 Å². The third-order valence-electron chi connectivity index (χ3n) is 6.89. The highest BCUT2D eigenvalue weighted by atomic mass is 35.5. The molecule has 0 saturated carbocycles. The van der Waals surface area contributed by atoms with Crippen LogP contribution in [0.3, 0.4) is 0 Å². The number of benzene rings is 3. The number of carbonyl (C=O) groups is 2. The quantitative estimate of drug-likeness (QED) is 0.545. The number of halogens is 1. The molecule has 2 aliphatic heterocycles. The molecule has 1 saturated heterocycles. The summed E-state index contributed by atoms with van der Waals surface area (Å²) in [7, 11) is 0. The SMILES string of the molecule is Cc1ccc(Cl)cc1N1CCN(C(=O)[C@@H](Cc2ccccc2)N2Cc3ccccc3C2=O)CC1. The molecular weight excluding hydrogens is 446 g/mol. The van der Waals surface area contributed by atoms with Crippen molar-refractivity contribution in [2.45, 2.75) is 25.9 Å². The molecule has 0 N–H and O–H groups in total. The molecule has 6 heteroatoms. The van der Waals surface area contributed by atoms with Gasteiger partial charge in [0.05, 0.1) is 0 Å². The molecule has 0 aliphatic carbocycles. The van der Waals surface area contributed by atoms with Crippen LogP contribution in [0.2, 0.25) is 5.02 Å². The second kappa shape index (κ2) is 9.51. The molecule has 0 spiro atoms. The van der Waals surface area contributed by atoms with Crippen LogP contribution in [0.4, 0.5) is 5.69 Å². The predicted molar refractivity (Wildman–Crippen MR) is 135 cm³/mol. The average molecular weight is 474 g/mol. The highest BCUT2D eigenvalue weighted by Gasteiger charge is 2.38. The van der Waals surface area contributed by atoms with Gasteiger partial charge in [-0.3, -0.25) is 9.59 Å². The number of amides is 2. The average Bonchev–Trinajstić information content (AvgIpc) is 3.20. The first-order valence-corrected chi connectivity index (χ1v) is 12.1. The second-order valence-electron chi connectivity index (χ2n) is 9.04. The summed E-state index contributed by atoms with van der Waals surface area (Å²) in [5, 5.41) is 0.717. The van der Waals surface area contributed by atoms with E-state index in [-0.39, 0.29) is 11.8 Å². The monoisotopic (exact) mass is 473 g/mol. The zero-order chi connectivity index (χ0) is 23.7. The van der Waals surface area contributed by atoms with Crippen molar-refractivity contribution in [3.8, 4) is 0 Å². The van der Waals surface area contributed by atoms with E-state index in [0.717, 1.165) is 29.9 Å². The lowest BCUT2D eigenvalue weighted by molar-refractivity contribution is -0.136. The minimum Gasteiger partial charge on any atom is -0.368 e. The smallest absolute Gasteiger partial charge is 0.255 e. The van der Waals surface area contributed by atoms with Gasteiger partial charge in [0, 0.05) is 55.4 Å². The molecule has 3 aromatic rings.